The number of halogens is 1. The van der Waals surface area contributed by atoms with Crippen LogP contribution in [0.4, 0.5) is 10.1 Å². The number of hydrogen-bond donors (Lipinski definition) is 1. The lowest BCUT2D eigenvalue weighted by Gasteiger charge is -2.10. The van der Waals surface area contributed by atoms with E-state index in [2.05, 4.69) is 15.4 Å². The number of pyridine rings is 2. The Bertz CT molecular complexity index is 1410. The molecule has 1 aromatic carbocycles. The summed E-state index contributed by atoms with van der Waals surface area (Å²) >= 11 is 0. The molecule has 8 heteroatoms. The van der Waals surface area contributed by atoms with Crippen molar-refractivity contribution in [3.8, 4) is 11.3 Å². The second kappa shape index (κ2) is 8.07. The van der Waals surface area contributed by atoms with Crippen LogP contribution in [0.2, 0.25) is 0 Å². The van der Waals surface area contributed by atoms with E-state index in [1.807, 2.05) is 12.1 Å². The molecule has 0 aliphatic carbocycles. The second-order valence-electron chi connectivity index (χ2n) is 7.33. The molecular formula is C24H18FN5O2. The van der Waals surface area contributed by atoms with Crippen molar-refractivity contribution in [1.29, 1.82) is 0 Å². The smallest absolute Gasteiger partial charge is 0.256 e. The SMILES string of the molecule is Cc1ccc(NC(=O)c2cc(-c3cccnc3)nc3c2cnn3Cc2ccco2)cc1F. The lowest BCUT2D eigenvalue weighted by molar-refractivity contribution is 0.102. The fraction of sp³-hybridized carbons (Fsp3) is 0.0833. The standard InChI is InChI=1S/C24H18FN5O2/c1-15-6-7-17(10-21(15)25)28-24(31)19-11-22(16-4-2-8-26-12-16)29-23-20(19)13-27-30(23)14-18-5-3-9-32-18/h2-13H,14H2,1H3,(H,28,31). The van der Waals surface area contributed by atoms with Gasteiger partial charge in [0.15, 0.2) is 5.65 Å². The molecule has 5 rings (SSSR count). The summed E-state index contributed by atoms with van der Waals surface area (Å²) < 4.78 is 21.1. The third-order valence-electron chi connectivity index (χ3n) is 5.13. The van der Waals surface area contributed by atoms with Crippen LogP contribution < -0.4 is 5.32 Å². The van der Waals surface area contributed by atoms with Gasteiger partial charge in [-0.3, -0.25) is 9.78 Å². The maximum Gasteiger partial charge on any atom is 0.256 e. The topological polar surface area (TPSA) is 85.8 Å². The first-order valence-corrected chi connectivity index (χ1v) is 9.95. The van der Waals surface area contributed by atoms with Crippen molar-refractivity contribution in [2.45, 2.75) is 13.5 Å². The Balaban J connectivity index is 1.60. The Labute approximate surface area is 182 Å². The molecule has 4 heterocycles. The minimum absolute atomic E-state index is 0.365. The number of nitrogens with one attached hydrogen (secondary N) is 1. The van der Waals surface area contributed by atoms with E-state index in [-0.39, 0.29) is 11.7 Å². The summed E-state index contributed by atoms with van der Waals surface area (Å²) in [6.45, 7) is 2.03. The highest BCUT2D eigenvalue weighted by atomic mass is 19.1. The van der Waals surface area contributed by atoms with Gasteiger partial charge in [-0.2, -0.15) is 5.10 Å². The molecule has 32 heavy (non-hydrogen) atoms. The van der Waals surface area contributed by atoms with Gasteiger partial charge in [-0.05, 0) is 55.0 Å². The van der Waals surface area contributed by atoms with E-state index in [4.69, 9.17) is 9.40 Å². The number of aromatic nitrogens is 4. The first-order valence-electron chi connectivity index (χ1n) is 9.95. The minimum atomic E-state index is -0.386. The number of carbonyl (C=O) groups is 1. The number of hydrogen-bond acceptors (Lipinski definition) is 5. The van der Waals surface area contributed by atoms with Gasteiger partial charge < -0.3 is 9.73 Å². The molecular weight excluding hydrogens is 409 g/mol. The van der Waals surface area contributed by atoms with Crippen LogP contribution in [0.15, 0.2) is 77.8 Å². The summed E-state index contributed by atoms with van der Waals surface area (Å²) in [4.78, 5) is 22.1. The van der Waals surface area contributed by atoms with E-state index in [1.54, 1.807) is 66.8 Å². The third-order valence-corrected chi connectivity index (χ3v) is 5.13. The molecule has 1 amide bonds. The number of aryl methyl sites for hydroxylation is 1. The lowest BCUT2D eigenvalue weighted by Crippen LogP contribution is -2.13. The van der Waals surface area contributed by atoms with Crippen molar-refractivity contribution >= 4 is 22.6 Å². The fourth-order valence-electron chi connectivity index (χ4n) is 3.43. The Morgan fingerprint density at radius 3 is 2.81 bits per heavy atom. The van der Waals surface area contributed by atoms with Gasteiger partial charge in [0, 0.05) is 23.6 Å². The highest BCUT2D eigenvalue weighted by Gasteiger charge is 2.19. The summed E-state index contributed by atoms with van der Waals surface area (Å²) in [5.41, 5.74) is 3.12. The van der Waals surface area contributed by atoms with Gasteiger partial charge in [-0.1, -0.05) is 6.07 Å². The molecule has 0 saturated heterocycles. The average Bonchev–Trinajstić information content (AvgIpc) is 3.47. The van der Waals surface area contributed by atoms with Crippen LogP contribution in [0.3, 0.4) is 0 Å². The summed E-state index contributed by atoms with van der Waals surface area (Å²) in [7, 11) is 0. The van der Waals surface area contributed by atoms with Gasteiger partial charge in [-0.15, -0.1) is 0 Å². The highest BCUT2D eigenvalue weighted by molar-refractivity contribution is 6.12. The molecule has 0 spiro atoms. The Morgan fingerprint density at radius 2 is 2.06 bits per heavy atom. The third kappa shape index (κ3) is 3.74. The molecule has 0 saturated carbocycles. The molecule has 0 radical (unpaired) electrons. The number of carbonyl (C=O) groups excluding carboxylic acids is 1. The van der Waals surface area contributed by atoms with Gasteiger partial charge in [0.1, 0.15) is 18.1 Å². The Hall–Kier alpha value is -4.33. The van der Waals surface area contributed by atoms with Crippen molar-refractivity contribution in [3.05, 3.63) is 96.1 Å². The molecule has 0 aliphatic heterocycles. The molecule has 0 unspecified atom stereocenters. The number of amides is 1. The highest BCUT2D eigenvalue weighted by Crippen LogP contribution is 2.26. The Kier molecular flexibility index (Phi) is 4.95. The first-order chi connectivity index (χ1) is 15.6. The quantitative estimate of drug-likeness (QED) is 0.434. The van der Waals surface area contributed by atoms with Crippen LogP contribution >= 0.6 is 0 Å². The van der Waals surface area contributed by atoms with Crippen LogP contribution in [0.1, 0.15) is 21.7 Å². The van der Waals surface area contributed by atoms with E-state index in [0.29, 0.717) is 45.8 Å². The monoisotopic (exact) mass is 427 g/mol. The zero-order chi connectivity index (χ0) is 22.1. The van der Waals surface area contributed by atoms with Crippen molar-refractivity contribution < 1.29 is 13.6 Å². The molecule has 0 aliphatic rings. The van der Waals surface area contributed by atoms with Gasteiger partial charge in [0.05, 0.1) is 29.1 Å². The van der Waals surface area contributed by atoms with E-state index in [9.17, 15) is 9.18 Å². The molecule has 0 atom stereocenters. The van der Waals surface area contributed by atoms with Crippen LogP contribution in [0, 0.1) is 12.7 Å². The summed E-state index contributed by atoms with van der Waals surface area (Å²) in [6, 6.07) is 13.6. The largest absolute Gasteiger partial charge is 0.467 e. The number of nitrogens with zero attached hydrogens (tertiary/aromatic N) is 4. The second-order valence-corrected chi connectivity index (χ2v) is 7.33. The van der Waals surface area contributed by atoms with E-state index >= 15 is 0 Å². The van der Waals surface area contributed by atoms with Crippen LogP contribution in [-0.2, 0) is 6.54 Å². The predicted octanol–water partition coefficient (Wildman–Crippen LogP) is 4.83. The van der Waals surface area contributed by atoms with Crippen LogP contribution in [0.25, 0.3) is 22.3 Å². The lowest BCUT2D eigenvalue weighted by atomic mass is 10.1. The number of fused-ring (bicyclic) bond motifs is 1. The van der Waals surface area contributed by atoms with Crippen LogP contribution in [-0.4, -0.2) is 25.7 Å². The van der Waals surface area contributed by atoms with Gasteiger partial charge in [0.2, 0.25) is 0 Å². The summed E-state index contributed by atoms with van der Waals surface area (Å²) in [5, 5.41) is 7.77. The van der Waals surface area contributed by atoms with Crippen molar-refractivity contribution in [2.24, 2.45) is 0 Å². The molecule has 0 fully saturated rings. The summed E-state index contributed by atoms with van der Waals surface area (Å²) in [5.74, 6) is -0.0574. The number of rotatable bonds is 5. The van der Waals surface area contributed by atoms with E-state index in [1.165, 1.54) is 6.07 Å². The molecule has 4 aromatic heterocycles. The zero-order valence-corrected chi connectivity index (χ0v) is 17.1. The molecule has 1 N–H and O–H groups in total. The zero-order valence-electron chi connectivity index (χ0n) is 17.1. The van der Waals surface area contributed by atoms with E-state index < -0.39 is 0 Å². The van der Waals surface area contributed by atoms with E-state index in [0.717, 1.165) is 5.56 Å². The van der Waals surface area contributed by atoms with Gasteiger partial charge >= 0.3 is 0 Å². The Morgan fingerprint density at radius 1 is 1.16 bits per heavy atom. The first kappa shape index (κ1) is 19.6. The predicted molar refractivity (Wildman–Crippen MR) is 118 cm³/mol. The molecule has 7 nitrogen and oxygen atoms in total. The van der Waals surface area contributed by atoms with Crippen molar-refractivity contribution in [1.82, 2.24) is 19.7 Å². The van der Waals surface area contributed by atoms with Gasteiger partial charge in [-0.25, -0.2) is 14.1 Å². The summed E-state index contributed by atoms with van der Waals surface area (Å²) in [6.07, 6.45) is 6.54. The van der Waals surface area contributed by atoms with Crippen molar-refractivity contribution in [3.63, 3.8) is 0 Å². The molecule has 5 aromatic rings. The maximum absolute atomic E-state index is 14.0. The van der Waals surface area contributed by atoms with Gasteiger partial charge in [0.25, 0.3) is 5.91 Å². The van der Waals surface area contributed by atoms with Crippen molar-refractivity contribution in [2.75, 3.05) is 5.32 Å². The normalized spacial score (nSPS) is 11.1. The average molecular weight is 427 g/mol. The molecule has 158 valence electrons. The minimum Gasteiger partial charge on any atom is -0.467 e. The molecule has 0 bridgehead atoms. The fourth-order valence-corrected chi connectivity index (χ4v) is 3.43. The number of furan rings is 1. The number of benzene rings is 1. The maximum atomic E-state index is 14.0. The number of anilines is 1. The van der Waals surface area contributed by atoms with Crippen LogP contribution in [0.5, 0.6) is 0 Å².